The minimum absolute atomic E-state index is 0.0128. The Bertz CT molecular complexity index is 741. The molecule has 1 atom stereocenters. The molecule has 128 valence electrons. The quantitative estimate of drug-likeness (QED) is 0.763. The predicted molar refractivity (Wildman–Crippen MR) is 95.5 cm³/mol. The largest absolute Gasteiger partial charge is 0.396 e. The van der Waals surface area contributed by atoms with Gasteiger partial charge in [-0.1, -0.05) is 24.3 Å². The highest BCUT2D eigenvalue weighted by Crippen LogP contribution is 2.34. The van der Waals surface area contributed by atoms with Crippen LogP contribution in [0.15, 0.2) is 30.3 Å². The molecule has 0 bridgehead atoms. The number of methoxy groups -OCH3 is 1. The van der Waals surface area contributed by atoms with Gasteiger partial charge in [-0.15, -0.1) is 0 Å². The van der Waals surface area contributed by atoms with Gasteiger partial charge in [0.05, 0.1) is 17.8 Å². The topological polar surface area (TPSA) is 70.6 Å². The number of aliphatic hydroxyl groups is 1. The second-order valence-electron chi connectivity index (χ2n) is 6.66. The summed E-state index contributed by atoms with van der Waals surface area (Å²) in [7, 11) is 1.58. The number of carbonyl (C=O) groups is 1. The van der Waals surface area contributed by atoms with Gasteiger partial charge >= 0.3 is 6.03 Å². The van der Waals surface area contributed by atoms with Crippen molar-refractivity contribution in [2.24, 2.45) is 0 Å². The monoisotopic (exact) mass is 328 g/mol. The molecule has 5 nitrogen and oxygen atoms in total. The van der Waals surface area contributed by atoms with Crippen molar-refractivity contribution in [2.45, 2.75) is 31.7 Å². The molecule has 0 radical (unpaired) electrons. The summed E-state index contributed by atoms with van der Waals surface area (Å²) < 4.78 is 5.17. The zero-order chi connectivity index (χ0) is 17.2. The first-order chi connectivity index (χ1) is 11.6. The van der Waals surface area contributed by atoms with Crippen LogP contribution in [0.5, 0.6) is 0 Å². The number of anilines is 1. The Morgan fingerprint density at radius 1 is 1.25 bits per heavy atom. The fourth-order valence-corrected chi connectivity index (χ4v) is 3.52. The van der Waals surface area contributed by atoms with Gasteiger partial charge in [0.2, 0.25) is 0 Å². The van der Waals surface area contributed by atoms with Crippen molar-refractivity contribution in [1.82, 2.24) is 5.32 Å². The molecule has 0 aromatic heterocycles. The van der Waals surface area contributed by atoms with E-state index in [0.717, 1.165) is 23.9 Å². The van der Waals surface area contributed by atoms with Crippen molar-refractivity contribution in [3.8, 4) is 0 Å². The van der Waals surface area contributed by atoms with E-state index in [9.17, 15) is 9.90 Å². The van der Waals surface area contributed by atoms with Crippen LogP contribution >= 0.6 is 0 Å². The molecule has 0 heterocycles. The van der Waals surface area contributed by atoms with E-state index in [-0.39, 0.29) is 12.6 Å². The zero-order valence-electron chi connectivity index (χ0n) is 14.2. The molecule has 3 N–H and O–H groups in total. The Labute approximate surface area is 142 Å². The summed E-state index contributed by atoms with van der Waals surface area (Å²) in [4.78, 5) is 12.4. The summed E-state index contributed by atoms with van der Waals surface area (Å²) in [5, 5.41) is 17.4. The van der Waals surface area contributed by atoms with E-state index >= 15 is 0 Å². The van der Waals surface area contributed by atoms with Gasteiger partial charge in [0.15, 0.2) is 0 Å². The molecule has 24 heavy (non-hydrogen) atoms. The normalized spacial score (nSPS) is 15.3. The molecular weight excluding hydrogens is 304 g/mol. The van der Waals surface area contributed by atoms with Crippen molar-refractivity contribution in [2.75, 3.05) is 25.6 Å². The Kier molecular flexibility index (Phi) is 4.73. The summed E-state index contributed by atoms with van der Waals surface area (Å²) in [6.07, 6.45) is 2.55. The third-order valence-corrected chi connectivity index (χ3v) is 4.67. The van der Waals surface area contributed by atoms with Crippen LogP contribution in [0.3, 0.4) is 0 Å². The number of aryl methyl sites for hydroxylation is 2. The summed E-state index contributed by atoms with van der Waals surface area (Å²) >= 11 is 0. The lowest BCUT2D eigenvalue weighted by Gasteiger charge is -2.29. The molecule has 0 fully saturated rings. The minimum atomic E-state index is -0.609. The molecular formula is C19H24N2O3. The van der Waals surface area contributed by atoms with Gasteiger partial charge in [0.25, 0.3) is 0 Å². The van der Waals surface area contributed by atoms with Crippen LogP contribution in [0.2, 0.25) is 0 Å². The fraction of sp³-hybridized carbons (Fsp3) is 0.421. The van der Waals surface area contributed by atoms with Crippen molar-refractivity contribution in [1.29, 1.82) is 0 Å². The predicted octanol–water partition coefficient (Wildman–Crippen LogP) is 2.85. The van der Waals surface area contributed by atoms with Crippen LogP contribution in [-0.4, -0.2) is 37.0 Å². The van der Waals surface area contributed by atoms with Gasteiger partial charge in [0, 0.05) is 19.1 Å². The molecule has 1 aliphatic carbocycles. The van der Waals surface area contributed by atoms with E-state index in [4.69, 9.17) is 4.74 Å². The van der Waals surface area contributed by atoms with Crippen molar-refractivity contribution in [3.05, 3.63) is 41.5 Å². The minimum Gasteiger partial charge on any atom is -0.396 e. The van der Waals surface area contributed by atoms with Gasteiger partial charge in [0.1, 0.15) is 0 Å². The Hall–Kier alpha value is -2.11. The second kappa shape index (κ2) is 6.79. The van der Waals surface area contributed by atoms with Gasteiger partial charge in [-0.25, -0.2) is 4.79 Å². The van der Waals surface area contributed by atoms with Crippen LogP contribution in [0, 0.1) is 0 Å². The first-order valence-electron chi connectivity index (χ1n) is 8.29. The molecule has 3 rings (SSSR count). The van der Waals surface area contributed by atoms with Crippen LogP contribution in [0.4, 0.5) is 10.5 Å². The van der Waals surface area contributed by atoms with Gasteiger partial charge in [-0.2, -0.15) is 0 Å². The fourth-order valence-electron chi connectivity index (χ4n) is 3.52. The highest BCUT2D eigenvalue weighted by Gasteiger charge is 2.26. The number of rotatable bonds is 6. The van der Waals surface area contributed by atoms with Crippen molar-refractivity contribution < 1.29 is 14.6 Å². The number of hydrogen-bond acceptors (Lipinski definition) is 3. The summed E-state index contributed by atoms with van der Waals surface area (Å²) in [5.74, 6) is 0. The molecule has 1 unspecified atom stereocenters. The smallest absolute Gasteiger partial charge is 0.319 e. The molecule has 0 spiro atoms. The summed E-state index contributed by atoms with van der Waals surface area (Å²) in [6, 6.07) is 10.0. The van der Waals surface area contributed by atoms with E-state index in [1.54, 1.807) is 7.11 Å². The Balaban J connectivity index is 1.82. The van der Waals surface area contributed by atoms with E-state index in [1.165, 1.54) is 16.5 Å². The SMILES string of the molecule is COCC(C)(CCO)NC(=O)Nc1ccc2c3c(cccc13)CC2. The molecule has 0 aliphatic heterocycles. The summed E-state index contributed by atoms with van der Waals surface area (Å²) in [6.45, 7) is 2.19. The molecule has 1 aliphatic rings. The standard InChI is InChI=1S/C19H24N2O3/c1-19(10-11-22,12-24-2)21-18(23)20-16-9-8-14-7-6-13-4-3-5-15(16)17(13)14/h3-5,8-9,22H,6-7,10-12H2,1-2H3,(H2,20,21,23). The van der Waals surface area contributed by atoms with Crippen LogP contribution in [-0.2, 0) is 17.6 Å². The number of benzene rings is 2. The maximum Gasteiger partial charge on any atom is 0.319 e. The van der Waals surface area contributed by atoms with Crippen LogP contribution < -0.4 is 10.6 Å². The van der Waals surface area contributed by atoms with Gasteiger partial charge < -0.3 is 20.5 Å². The van der Waals surface area contributed by atoms with Crippen LogP contribution in [0.1, 0.15) is 24.5 Å². The van der Waals surface area contributed by atoms with Gasteiger partial charge in [-0.05, 0) is 48.8 Å². The molecule has 2 aromatic rings. The van der Waals surface area contributed by atoms with Crippen molar-refractivity contribution >= 4 is 22.5 Å². The van der Waals surface area contributed by atoms with E-state index < -0.39 is 5.54 Å². The number of nitrogens with one attached hydrogen (secondary N) is 2. The third-order valence-electron chi connectivity index (χ3n) is 4.67. The molecule has 2 aromatic carbocycles. The zero-order valence-corrected chi connectivity index (χ0v) is 14.2. The maximum atomic E-state index is 12.4. The number of ether oxygens (including phenoxy) is 1. The van der Waals surface area contributed by atoms with E-state index in [0.29, 0.717) is 13.0 Å². The lowest BCUT2D eigenvalue weighted by atomic mass is 10.00. The first kappa shape index (κ1) is 16.7. The van der Waals surface area contributed by atoms with E-state index in [1.807, 2.05) is 25.1 Å². The lowest BCUT2D eigenvalue weighted by Crippen LogP contribution is -2.51. The average molecular weight is 328 g/mol. The number of amides is 2. The third kappa shape index (κ3) is 3.23. The molecule has 0 saturated heterocycles. The molecule has 5 heteroatoms. The Morgan fingerprint density at radius 3 is 2.71 bits per heavy atom. The first-order valence-corrected chi connectivity index (χ1v) is 8.29. The number of carbonyl (C=O) groups excluding carboxylic acids is 1. The molecule has 0 saturated carbocycles. The van der Waals surface area contributed by atoms with Crippen LogP contribution in [0.25, 0.3) is 10.8 Å². The number of urea groups is 1. The highest BCUT2D eigenvalue weighted by molar-refractivity contribution is 6.04. The Morgan fingerprint density at radius 2 is 2.00 bits per heavy atom. The average Bonchev–Trinajstić information content (AvgIpc) is 2.95. The number of aliphatic hydroxyl groups excluding tert-OH is 1. The highest BCUT2D eigenvalue weighted by atomic mass is 16.5. The molecule has 2 amide bonds. The second-order valence-corrected chi connectivity index (χ2v) is 6.66. The maximum absolute atomic E-state index is 12.4. The van der Waals surface area contributed by atoms with Gasteiger partial charge in [-0.3, -0.25) is 0 Å². The van der Waals surface area contributed by atoms with Crippen molar-refractivity contribution in [3.63, 3.8) is 0 Å². The lowest BCUT2D eigenvalue weighted by molar-refractivity contribution is 0.104. The summed E-state index contributed by atoms with van der Waals surface area (Å²) in [5.41, 5.74) is 2.88. The van der Waals surface area contributed by atoms with E-state index in [2.05, 4.69) is 22.8 Å². The number of hydrogen-bond donors (Lipinski definition) is 3.